The van der Waals surface area contributed by atoms with Gasteiger partial charge in [0.2, 0.25) is 0 Å². The van der Waals surface area contributed by atoms with E-state index in [1.807, 2.05) is 13.8 Å². The molecule has 0 aliphatic heterocycles. The molecule has 0 aromatic heterocycles. The van der Waals surface area contributed by atoms with Crippen molar-refractivity contribution >= 4 is 0 Å². The molecule has 0 rings (SSSR count). The summed E-state index contributed by atoms with van der Waals surface area (Å²) in [5.74, 6) is 0. The molecule has 0 aromatic rings. The maximum Gasteiger partial charge on any atom is 0.0776 e. The number of nitrogens with zero attached hydrogens (tertiary/aromatic N) is 2. The van der Waals surface area contributed by atoms with Crippen LogP contribution in [0.4, 0.5) is 0 Å². The Balaban J connectivity index is 4.65. The van der Waals surface area contributed by atoms with Gasteiger partial charge in [0, 0.05) is 33.3 Å². The van der Waals surface area contributed by atoms with Crippen LogP contribution in [0.15, 0.2) is 0 Å². The maximum absolute atomic E-state index is 9.49. The van der Waals surface area contributed by atoms with E-state index in [4.69, 9.17) is 23.7 Å². The van der Waals surface area contributed by atoms with E-state index in [0.717, 1.165) is 45.7 Å². The average molecular weight is 511 g/mol. The van der Waals surface area contributed by atoms with Gasteiger partial charge in [0.25, 0.3) is 0 Å². The third-order valence-electron chi connectivity index (χ3n) is 5.21. The summed E-state index contributed by atoms with van der Waals surface area (Å²) in [5.41, 5.74) is 0. The molecule has 0 heterocycles. The Hall–Kier alpha value is -0.400. The molecule has 0 aromatic carbocycles. The highest BCUT2D eigenvalue weighted by atomic mass is 16.5. The molecule has 212 valence electrons. The zero-order valence-corrected chi connectivity index (χ0v) is 23.1. The van der Waals surface area contributed by atoms with E-state index in [1.165, 1.54) is 0 Å². The lowest BCUT2D eigenvalue weighted by Crippen LogP contribution is -2.39. The number of hydrogen-bond donors (Lipinski definition) is 3. The summed E-state index contributed by atoms with van der Waals surface area (Å²) in [4.78, 5) is 4.61. The van der Waals surface area contributed by atoms with Gasteiger partial charge in [-0.2, -0.15) is 0 Å². The normalized spacial score (nSPS) is 16.5. The zero-order valence-electron chi connectivity index (χ0n) is 23.1. The summed E-state index contributed by atoms with van der Waals surface area (Å²) in [6.45, 7) is 17.2. The maximum atomic E-state index is 9.49. The van der Waals surface area contributed by atoms with Crippen molar-refractivity contribution < 1.29 is 39.0 Å². The Morgan fingerprint density at radius 2 is 1.03 bits per heavy atom. The average Bonchev–Trinajstić information content (AvgIpc) is 2.79. The topological polar surface area (TPSA) is 113 Å². The summed E-state index contributed by atoms with van der Waals surface area (Å²) < 4.78 is 27.8. The van der Waals surface area contributed by atoms with E-state index in [2.05, 4.69) is 9.80 Å². The lowest BCUT2D eigenvalue weighted by Gasteiger charge is -2.28. The monoisotopic (exact) mass is 510 g/mol. The smallest absolute Gasteiger partial charge is 0.0776 e. The van der Waals surface area contributed by atoms with Gasteiger partial charge in [-0.3, -0.25) is 9.80 Å². The molecule has 0 radical (unpaired) electrons. The van der Waals surface area contributed by atoms with Gasteiger partial charge in [0.05, 0.1) is 76.8 Å². The van der Waals surface area contributed by atoms with Crippen LogP contribution >= 0.6 is 0 Å². The minimum absolute atomic E-state index is 0.0116. The number of methoxy groups -OCH3 is 1. The first-order valence-corrected chi connectivity index (χ1v) is 13.0. The van der Waals surface area contributed by atoms with Crippen molar-refractivity contribution in [2.24, 2.45) is 0 Å². The molecule has 0 aliphatic rings. The van der Waals surface area contributed by atoms with Crippen LogP contribution in [0.25, 0.3) is 0 Å². The number of ether oxygens (including phenoxy) is 5. The van der Waals surface area contributed by atoms with Crippen molar-refractivity contribution in [3.8, 4) is 0 Å². The van der Waals surface area contributed by atoms with Crippen molar-refractivity contribution in [1.82, 2.24) is 9.80 Å². The van der Waals surface area contributed by atoms with Gasteiger partial charge in [-0.15, -0.1) is 0 Å². The molecule has 35 heavy (non-hydrogen) atoms. The molecule has 5 atom stereocenters. The lowest BCUT2D eigenvalue weighted by molar-refractivity contribution is -0.0168. The summed E-state index contributed by atoms with van der Waals surface area (Å²) >= 11 is 0. The van der Waals surface area contributed by atoms with E-state index in [9.17, 15) is 15.3 Å². The molecule has 0 bridgehead atoms. The van der Waals surface area contributed by atoms with Crippen molar-refractivity contribution in [1.29, 1.82) is 0 Å². The number of aliphatic hydroxyl groups excluding tert-OH is 3. The molecule has 0 spiro atoms. The van der Waals surface area contributed by atoms with Gasteiger partial charge in [0.1, 0.15) is 0 Å². The Kier molecular flexibility index (Phi) is 22.5. The summed E-state index contributed by atoms with van der Waals surface area (Å²) in [6.07, 6.45) is -0.424. The van der Waals surface area contributed by atoms with Crippen molar-refractivity contribution in [2.45, 2.75) is 71.6 Å². The summed E-state index contributed by atoms with van der Waals surface area (Å²) in [7, 11) is 1.68. The Morgan fingerprint density at radius 3 is 1.51 bits per heavy atom. The largest absolute Gasteiger partial charge is 0.391 e. The second-order valence-corrected chi connectivity index (χ2v) is 9.46. The van der Waals surface area contributed by atoms with Crippen LogP contribution < -0.4 is 0 Å². The molecule has 10 nitrogen and oxygen atoms in total. The summed E-state index contributed by atoms with van der Waals surface area (Å²) in [6, 6.07) is 0. The van der Waals surface area contributed by atoms with Crippen LogP contribution in [0, 0.1) is 0 Å². The van der Waals surface area contributed by atoms with Crippen LogP contribution in [0.2, 0.25) is 0 Å². The van der Waals surface area contributed by atoms with Crippen LogP contribution in [0.3, 0.4) is 0 Å². The van der Waals surface area contributed by atoms with Crippen molar-refractivity contribution in [3.05, 3.63) is 0 Å². The molecular weight excluding hydrogens is 456 g/mol. The van der Waals surface area contributed by atoms with Crippen molar-refractivity contribution in [2.75, 3.05) is 92.6 Å². The molecule has 5 unspecified atom stereocenters. The fraction of sp³-hybridized carbons (Fsp3) is 1.00. The fourth-order valence-electron chi connectivity index (χ4n) is 3.27. The van der Waals surface area contributed by atoms with E-state index >= 15 is 0 Å². The fourth-order valence-corrected chi connectivity index (χ4v) is 3.27. The molecular formula is C25H54N2O8. The van der Waals surface area contributed by atoms with Crippen LogP contribution in [-0.2, 0) is 23.7 Å². The highest BCUT2D eigenvalue weighted by Crippen LogP contribution is 2.03. The first-order chi connectivity index (χ1) is 16.6. The highest BCUT2D eigenvalue weighted by Gasteiger charge is 2.14. The van der Waals surface area contributed by atoms with Crippen LogP contribution in [0.1, 0.15) is 41.0 Å². The Morgan fingerprint density at radius 1 is 0.571 bits per heavy atom. The molecule has 0 saturated carbocycles. The second kappa shape index (κ2) is 22.8. The first-order valence-electron chi connectivity index (χ1n) is 13.0. The minimum atomic E-state index is -0.487. The number of rotatable bonds is 25. The highest BCUT2D eigenvalue weighted by molar-refractivity contribution is 4.66. The Bertz CT molecular complexity index is 457. The van der Waals surface area contributed by atoms with Gasteiger partial charge in [-0.05, 0) is 54.1 Å². The Labute approximate surface area is 213 Å². The summed E-state index contributed by atoms with van der Waals surface area (Å²) in [5, 5.41) is 28.3. The third kappa shape index (κ3) is 23.7. The number of aliphatic hydroxyl groups is 3. The van der Waals surface area contributed by atoms with E-state index in [1.54, 1.807) is 27.9 Å². The van der Waals surface area contributed by atoms with E-state index in [-0.39, 0.29) is 12.2 Å². The standard InChI is InChI=1S/C25H54N2O8/c1-21(28)17-32-13-10-26(11-14-34-20-25(5)31-6)8-7-9-27(12-15-33-18-22(2)29)16-24(4)35-19-23(3)30/h21-25,28-30H,7-20H2,1-6H3. The quantitative estimate of drug-likeness (QED) is 0.151. The predicted octanol–water partition coefficient (Wildman–Crippen LogP) is 0.613. The third-order valence-corrected chi connectivity index (χ3v) is 5.21. The van der Waals surface area contributed by atoms with Gasteiger partial charge in [0.15, 0.2) is 0 Å². The predicted molar refractivity (Wildman–Crippen MR) is 137 cm³/mol. The molecule has 0 fully saturated rings. The van der Waals surface area contributed by atoms with Crippen LogP contribution in [0.5, 0.6) is 0 Å². The molecule has 10 heteroatoms. The van der Waals surface area contributed by atoms with Gasteiger partial charge >= 0.3 is 0 Å². The zero-order chi connectivity index (χ0) is 26.5. The van der Waals surface area contributed by atoms with Gasteiger partial charge in [-0.1, -0.05) is 0 Å². The molecule has 0 saturated heterocycles. The second-order valence-electron chi connectivity index (χ2n) is 9.46. The minimum Gasteiger partial charge on any atom is -0.391 e. The number of hydrogen-bond acceptors (Lipinski definition) is 10. The van der Waals surface area contributed by atoms with Crippen molar-refractivity contribution in [3.63, 3.8) is 0 Å². The van der Waals surface area contributed by atoms with Gasteiger partial charge in [-0.25, -0.2) is 0 Å². The molecule has 0 aliphatic carbocycles. The van der Waals surface area contributed by atoms with E-state index in [0.29, 0.717) is 46.2 Å². The first kappa shape index (κ1) is 34.6. The van der Waals surface area contributed by atoms with Crippen LogP contribution in [-0.4, -0.2) is 148 Å². The SMILES string of the molecule is COC(C)COCCN(CCCN(CCOCC(C)O)CC(C)OCC(C)O)CCOCC(C)O. The molecule has 0 amide bonds. The lowest BCUT2D eigenvalue weighted by atomic mass is 10.3. The van der Waals surface area contributed by atoms with E-state index < -0.39 is 18.3 Å². The molecule has 3 N–H and O–H groups in total. The van der Waals surface area contributed by atoms with Gasteiger partial charge < -0.3 is 39.0 Å².